The Morgan fingerprint density at radius 1 is 0.810 bits per heavy atom. The quantitative estimate of drug-likeness (QED) is 0.126. The van der Waals surface area contributed by atoms with E-state index in [1.54, 1.807) is 99.0 Å². The molecular formula is C32H27Cl2N3O4S. The van der Waals surface area contributed by atoms with Gasteiger partial charge in [0.15, 0.2) is 0 Å². The highest BCUT2D eigenvalue weighted by atomic mass is 35.5. The van der Waals surface area contributed by atoms with Crippen LogP contribution in [0.5, 0.6) is 5.75 Å². The van der Waals surface area contributed by atoms with E-state index in [0.29, 0.717) is 38.3 Å². The molecule has 0 aliphatic carbocycles. The fourth-order valence-electron chi connectivity index (χ4n) is 3.79. The van der Waals surface area contributed by atoms with Crippen LogP contribution in [-0.2, 0) is 9.59 Å². The zero-order valence-electron chi connectivity index (χ0n) is 22.7. The van der Waals surface area contributed by atoms with E-state index < -0.39 is 17.1 Å². The molecule has 4 aromatic carbocycles. The van der Waals surface area contributed by atoms with E-state index >= 15 is 0 Å². The zero-order valence-corrected chi connectivity index (χ0v) is 25.0. The molecule has 0 heterocycles. The lowest BCUT2D eigenvalue weighted by Crippen LogP contribution is -2.30. The van der Waals surface area contributed by atoms with Crippen molar-refractivity contribution in [3.8, 4) is 5.75 Å². The third-order valence-corrected chi connectivity index (χ3v) is 7.75. The van der Waals surface area contributed by atoms with Gasteiger partial charge in [-0.3, -0.25) is 14.4 Å². The molecule has 3 amide bonds. The number of hydrogen-bond donors (Lipinski definition) is 3. The lowest BCUT2D eigenvalue weighted by Gasteiger charge is -2.15. The van der Waals surface area contributed by atoms with E-state index in [1.165, 1.54) is 17.8 Å². The van der Waals surface area contributed by atoms with Crippen LogP contribution in [0.15, 0.2) is 108 Å². The SMILES string of the molecule is COc1ccccc1NC(=O)C(C)Sc1ccc(NC(=O)/C(=C/c2c(Cl)cccc2Cl)NC(=O)c2ccccc2)cc1. The van der Waals surface area contributed by atoms with Crippen molar-refractivity contribution < 1.29 is 19.1 Å². The zero-order chi connectivity index (χ0) is 30.1. The molecule has 10 heteroatoms. The molecular weight excluding hydrogens is 593 g/mol. The molecule has 0 spiro atoms. The largest absolute Gasteiger partial charge is 0.495 e. The summed E-state index contributed by atoms with van der Waals surface area (Å²) in [6.45, 7) is 1.80. The topological polar surface area (TPSA) is 96.5 Å². The Morgan fingerprint density at radius 3 is 2.12 bits per heavy atom. The van der Waals surface area contributed by atoms with Crippen molar-refractivity contribution in [2.45, 2.75) is 17.1 Å². The first-order valence-electron chi connectivity index (χ1n) is 12.8. The summed E-state index contributed by atoms with van der Waals surface area (Å²) in [5.74, 6) is -0.634. The lowest BCUT2D eigenvalue weighted by atomic mass is 10.1. The number of anilines is 2. The van der Waals surface area contributed by atoms with Crippen LogP contribution in [0.3, 0.4) is 0 Å². The Kier molecular flexibility index (Phi) is 10.7. The number of thioether (sulfide) groups is 1. The van der Waals surface area contributed by atoms with E-state index in [2.05, 4.69) is 16.0 Å². The Hall–Kier alpha value is -4.24. The predicted molar refractivity (Wildman–Crippen MR) is 170 cm³/mol. The van der Waals surface area contributed by atoms with Crippen molar-refractivity contribution in [2.24, 2.45) is 0 Å². The van der Waals surface area contributed by atoms with Gasteiger partial charge in [0.2, 0.25) is 5.91 Å². The summed E-state index contributed by atoms with van der Waals surface area (Å²) in [7, 11) is 1.55. The molecule has 4 aromatic rings. The minimum Gasteiger partial charge on any atom is -0.495 e. The number of halogens is 2. The predicted octanol–water partition coefficient (Wildman–Crippen LogP) is 7.53. The molecule has 0 saturated carbocycles. The molecule has 0 radical (unpaired) electrons. The first-order chi connectivity index (χ1) is 20.2. The van der Waals surface area contributed by atoms with Gasteiger partial charge in [0.25, 0.3) is 11.8 Å². The fourth-order valence-corrected chi connectivity index (χ4v) is 5.16. The first-order valence-corrected chi connectivity index (χ1v) is 14.4. The molecule has 0 saturated heterocycles. The minimum absolute atomic E-state index is 0.0427. The third kappa shape index (κ3) is 8.16. The van der Waals surface area contributed by atoms with Crippen molar-refractivity contribution >= 4 is 70.1 Å². The molecule has 7 nitrogen and oxygen atoms in total. The van der Waals surface area contributed by atoms with Gasteiger partial charge in [0.05, 0.1) is 18.0 Å². The number of hydrogen-bond acceptors (Lipinski definition) is 5. The number of methoxy groups -OCH3 is 1. The number of nitrogens with one attached hydrogen (secondary N) is 3. The van der Waals surface area contributed by atoms with Crippen LogP contribution in [0.2, 0.25) is 10.0 Å². The van der Waals surface area contributed by atoms with Gasteiger partial charge in [-0.05, 0) is 73.7 Å². The number of amides is 3. The highest BCUT2D eigenvalue weighted by molar-refractivity contribution is 8.00. The molecule has 0 fully saturated rings. The van der Waals surface area contributed by atoms with Gasteiger partial charge in [-0.2, -0.15) is 0 Å². The Morgan fingerprint density at radius 2 is 1.45 bits per heavy atom. The highest BCUT2D eigenvalue weighted by Gasteiger charge is 2.18. The summed E-state index contributed by atoms with van der Waals surface area (Å²) in [6.07, 6.45) is 1.44. The second-order valence-electron chi connectivity index (χ2n) is 8.94. The molecule has 214 valence electrons. The molecule has 1 atom stereocenters. The number of carbonyl (C=O) groups excluding carboxylic acids is 3. The maximum Gasteiger partial charge on any atom is 0.272 e. The maximum absolute atomic E-state index is 13.3. The normalized spacial score (nSPS) is 11.8. The van der Waals surface area contributed by atoms with Crippen LogP contribution in [0, 0.1) is 0 Å². The third-order valence-electron chi connectivity index (χ3n) is 5.98. The summed E-state index contributed by atoms with van der Waals surface area (Å²) < 4.78 is 5.30. The van der Waals surface area contributed by atoms with Gasteiger partial charge in [-0.1, -0.05) is 59.6 Å². The van der Waals surface area contributed by atoms with Crippen LogP contribution in [0.25, 0.3) is 6.08 Å². The van der Waals surface area contributed by atoms with Crippen molar-refractivity contribution in [2.75, 3.05) is 17.7 Å². The number of carbonyl (C=O) groups is 3. The number of rotatable bonds is 10. The molecule has 3 N–H and O–H groups in total. The monoisotopic (exact) mass is 619 g/mol. The van der Waals surface area contributed by atoms with E-state index in [-0.39, 0.29) is 11.6 Å². The van der Waals surface area contributed by atoms with Crippen molar-refractivity contribution in [1.82, 2.24) is 5.32 Å². The summed E-state index contributed by atoms with van der Waals surface area (Å²) in [5, 5.41) is 8.60. The van der Waals surface area contributed by atoms with E-state index in [0.717, 1.165) is 4.90 Å². The second kappa shape index (κ2) is 14.6. The number of para-hydroxylation sites is 2. The van der Waals surface area contributed by atoms with Crippen LogP contribution in [-0.4, -0.2) is 30.1 Å². The van der Waals surface area contributed by atoms with Crippen molar-refractivity contribution in [3.63, 3.8) is 0 Å². The fraction of sp³-hybridized carbons (Fsp3) is 0.0938. The molecule has 0 aromatic heterocycles. The van der Waals surface area contributed by atoms with Crippen molar-refractivity contribution in [1.29, 1.82) is 0 Å². The Balaban J connectivity index is 1.46. The van der Waals surface area contributed by atoms with Gasteiger partial charge in [0, 0.05) is 31.8 Å². The highest BCUT2D eigenvalue weighted by Crippen LogP contribution is 2.29. The summed E-state index contributed by atoms with van der Waals surface area (Å²) in [4.78, 5) is 39.8. The van der Waals surface area contributed by atoms with E-state index in [4.69, 9.17) is 27.9 Å². The average Bonchev–Trinajstić information content (AvgIpc) is 3.00. The molecule has 0 aliphatic rings. The molecule has 0 aliphatic heterocycles. The minimum atomic E-state index is -0.569. The Labute approximate surface area is 258 Å². The van der Waals surface area contributed by atoms with E-state index in [9.17, 15) is 14.4 Å². The van der Waals surface area contributed by atoms with Gasteiger partial charge in [0.1, 0.15) is 11.4 Å². The average molecular weight is 621 g/mol. The van der Waals surface area contributed by atoms with Crippen LogP contribution in [0.4, 0.5) is 11.4 Å². The van der Waals surface area contributed by atoms with Crippen molar-refractivity contribution in [3.05, 3.63) is 124 Å². The van der Waals surface area contributed by atoms with Gasteiger partial charge < -0.3 is 20.7 Å². The molecule has 0 bridgehead atoms. The smallest absolute Gasteiger partial charge is 0.272 e. The molecule has 1 unspecified atom stereocenters. The van der Waals surface area contributed by atoms with E-state index in [1.807, 2.05) is 12.1 Å². The summed E-state index contributed by atoms with van der Waals surface area (Å²) in [6, 6.07) is 27.7. The maximum atomic E-state index is 13.3. The number of benzene rings is 4. The Bertz CT molecular complexity index is 1590. The van der Waals surface area contributed by atoms with Gasteiger partial charge >= 0.3 is 0 Å². The molecule has 4 rings (SSSR count). The lowest BCUT2D eigenvalue weighted by molar-refractivity contribution is -0.115. The van der Waals surface area contributed by atoms with Crippen LogP contribution < -0.4 is 20.7 Å². The standard InChI is InChI=1S/C32H27Cl2N3O4S/c1-20(30(38)36-27-13-6-7-14-29(27)41-2)42-23-17-15-22(16-18-23)35-32(40)28(19-24-25(33)11-8-12-26(24)34)37-31(39)21-9-4-3-5-10-21/h3-20H,1-2H3,(H,35,40)(H,36,38)(H,37,39)/b28-19-. The van der Waals surface area contributed by atoms with Crippen LogP contribution >= 0.6 is 35.0 Å². The summed E-state index contributed by atoms with van der Waals surface area (Å²) >= 11 is 14.0. The first kappa shape index (κ1) is 30.7. The molecule has 42 heavy (non-hydrogen) atoms. The van der Waals surface area contributed by atoms with Gasteiger partial charge in [-0.15, -0.1) is 11.8 Å². The second-order valence-corrected chi connectivity index (χ2v) is 11.2. The summed E-state index contributed by atoms with van der Waals surface area (Å²) in [5.41, 5.74) is 1.81. The number of ether oxygens (including phenoxy) is 1. The van der Waals surface area contributed by atoms with Gasteiger partial charge in [-0.25, -0.2) is 0 Å². The van der Waals surface area contributed by atoms with Crippen LogP contribution in [0.1, 0.15) is 22.8 Å².